The van der Waals surface area contributed by atoms with Crippen molar-refractivity contribution >= 4 is 17.6 Å². The van der Waals surface area contributed by atoms with Crippen LogP contribution >= 0.6 is 0 Å². The standard InChI is InChI=1S/C10H12N2O4/c1-5-9(6(2)16-11-5)12-4-7(10(14)15)3-8(12)13/h7H,3-4H2,1-2H3,(H,14,15). The zero-order valence-electron chi connectivity index (χ0n) is 9.06. The van der Waals surface area contributed by atoms with Crippen molar-refractivity contribution in [3.05, 3.63) is 11.5 Å². The summed E-state index contributed by atoms with van der Waals surface area (Å²) in [7, 11) is 0. The summed E-state index contributed by atoms with van der Waals surface area (Å²) in [5, 5.41) is 12.6. The minimum Gasteiger partial charge on any atom is -0.481 e. The number of amides is 1. The molecule has 1 aliphatic heterocycles. The van der Waals surface area contributed by atoms with Gasteiger partial charge in [0, 0.05) is 13.0 Å². The number of carbonyl (C=O) groups excluding carboxylic acids is 1. The zero-order valence-corrected chi connectivity index (χ0v) is 9.06. The molecule has 0 radical (unpaired) electrons. The molecule has 86 valence electrons. The summed E-state index contributed by atoms with van der Waals surface area (Å²) >= 11 is 0. The molecular weight excluding hydrogens is 212 g/mol. The third-order valence-electron chi connectivity index (χ3n) is 2.74. The van der Waals surface area contributed by atoms with Crippen LogP contribution in [-0.2, 0) is 9.59 Å². The molecule has 0 aliphatic carbocycles. The van der Waals surface area contributed by atoms with Crippen LogP contribution in [0, 0.1) is 19.8 Å². The quantitative estimate of drug-likeness (QED) is 0.800. The topological polar surface area (TPSA) is 83.6 Å². The van der Waals surface area contributed by atoms with Crippen molar-refractivity contribution in [3.63, 3.8) is 0 Å². The Labute approximate surface area is 91.8 Å². The molecule has 0 bridgehead atoms. The van der Waals surface area contributed by atoms with Crippen LogP contribution < -0.4 is 4.90 Å². The molecule has 1 fully saturated rings. The van der Waals surface area contributed by atoms with Gasteiger partial charge in [0.2, 0.25) is 5.91 Å². The Hall–Kier alpha value is -1.85. The first-order valence-corrected chi connectivity index (χ1v) is 4.96. The maximum absolute atomic E-state index is 11.7. The highest BCUT2D eigenvalue weighted by Gasteiger charge is 2.37. The number of hydrogen-bond acceptors (Lipinski definition) is 4. The van der Waals surface area contributed by atoms with Gasteiger partial charge in [0.05, 0.1) is 5.92 Å². The number of hydrogen-bond donors (Lipinski definition) is 1. The van der Waals surface area contributed by atoms with E-state index in [0.717, 1.165) is 0 Å². The molecule has 1 aromatic heterocycles. The van der Waals surface area contributed by atoms with Gasteiger partial charge >= 0.3 is 5.97 Å². The van der Waals surface area contributed by atoms with Crippen molar-refractivity contribution in [2.45, 2.75) is 20.3 Å². The highest BCUT2D eigenvalue weighted by molar-refractivity contribution is 5.99. The Morgan fingerprint density at radius 2 is 2.25 bits per heavy atom. The molecule has 1 saturated heterocycles. The third kappa shape index (κ3) is 1.56. The van der Waals surface area contributed by atoms with Crippen LogP contribution in [0.4, 0.5) is 5.69 Å². The summed E-state index contributed by atoms with van der Waals surface area (Å²) in [4.78, 5) is 23.9. The highest BCUT2D eigenvalue weighted by atomic mass is 16.5. The van der Waals surface area contributed by atoms with Gasteiger partial charge in [-0.3, -0.25) is 9.59 Å². The van der Waals surface area contributed by atoms with E-state index in [-0.39, 0.29) is 18.9 Å². The van der Waals surface area contributed by atoms with Crippen LogP contribution in [0.15, 0.2) is 4.52 Å². The zero-order chi connectivity index (χ0) is 11.9. The number of rotatable bonds is 2. The minimum atomic E-state index is -0.942. The van der Waals surface area contributed by atoms with E-state index in [2.05, 4.69) is 5.16 Å². The van der Waals surface area contributed by atoms with E-state index in [1.54, 1.807) is 13.8 Å². The first-order valence-electron chi connectivity index (χ1n) is 4.96. The monoisotopic (exact) mass is 224 g/mol. The lowest BCUT2D eigenvalue weighted by atomic mass is 10.1. The molecule has 1 unspecified atom stereocenters. The lowest BCUT2D eigenvalue weighted by Crippen LogP contribution is -2.26. The van der Waals surface area contributed by atoms with Crippen molar-refractivity contribution in [3.8, 4) is 0 Å². The molecule has 1 aromatic rings. The molecule has 6 nitrogen and oxygen atoms in total. The number of anilines is 1. The molecule has 1 aliphatic rings. The number of carboxylic acids is 1. The second-order valence-electron chi connectivity index (χ2n) is 3.92. The Morgan fingerprint density at radius 3 is 2.69 bits per heavy atom. The SMILES string of the molecule is Cc1noc(C)c1N1CC(C(=O)O)CC1=O. The number of carboxylic acid groups (broad SMARTS) is 1. The molecule has 1 atom stereocenters. The van der Waals surface area contributed by atoms with Gasteiger partial charge in [-0.25, -0.2) is 0 Å². The van der Waals surface area contributed by atoms with Crippen molar-refractivity contribution in [2.24, 2.45) is 5.92 Å². The second-order valence-corrected chi connectivity index (χ2v) is 3.92. The van der Waals surface area contributed by atoms with Crippen molar-refractivity contribution < 1.29 is 19.2 Å². The van der Waals surface area contributed by atoms with Crippen LogP contribution in [0.2, 0.25) is 0 Å². The smallest absolute Gasteiger partial charge is 0.308 e. The summed E-state index contributed by atoms with van der Waals surface area (Å²) < 4.78 is 4.96. The largest absolute Gasteiger partial charge is 0.481 e. The van der Waals surface area contributed by atoms with Crippen molar-refractivity contribution in [2.75, 3.05) is 11.4 Å². The first kappa shape index (κ1) is 10.7. The maximum Gasteiger partial charge on any atom is 0.308 e. The number of aryl methyl sites for hydroxylation is 2. The predicted octanol–water partition coefficient (Wildman–Crippen LogP) is 0.729. The molecule has 2 heterocycles. The Bertz CT molecular complexity index is 432. The summed E-state index contributed by atoms with van der Waals surface area (Å²) in [6, 6.07) is 0. The van der Waals surface area contributed by atoms with Gasteiger partial charge in [-0.15, -0.1) is 0 Å². The fourth-order valence-corrected chi connectivity index (χ4v) is 1.95. The van der Waals surface area contributed by atoms with E-state index in [1.165, 1.54) is 4.90 Å². The molecule has 0 saturated carbocycles. The van der Waals surface area contributed by atoms with E-state index in [9.17, 15) is 9.59 Å². The lowest BCUT2D eigenvalue weighted by Gasteiger charge is -2.14. The van der Waals surface area contributed by atoms with E-state index in [4.69, 9.17) is 9.63 Å². The molecule has 1 N–H and O–H groups in total. The van der Waals surface area contributed by atoms with Gasteiger partial charge in [0.15, 0.2) is 5.76 Å². The van der Waals surface area contributed by atoms with Crippen LogP contribution in [-0.4, -0.2) is 28.7 Å². The number of aromatic nitrogens is 1. The van der Waals surface area contributed by atoms with Gasteiger partial charge in [-0.2, -0.15) is 0 Å². The minimum absolute atomic E-state index is 0.0411. The third-order valence-corrected chi connectivity index (χ3v) is 2.74. The summed E-state index contributed by atoms with van der Waals surface area (Å²) in [5.41, 5.74) is 1.21. The lowest BCUT2D eigenvalue weighted by molar-refractivity contribution is -0.141. The van der Waals surface area contributed by atoms with Gasteiger partial charge in [0.1, 0.15) is 11.4 Å². The predicted molar refractivity (Wildman–Crippen MR) is 54.1 cm³/mol. The molecular formula is C10H12N2O4. The Kier molecular flexibility index (Phi) is 2.41. The maximum atomic E-state index is 11.7. The van der Waals surface area contributed by atoms with Crippen LogP contribution in [0.25, 0.3) is 0 Å². The highest BCUT2D eigenvalue weighted by Crippen LogP contribution is 2.30. The fourth-order valence-electron chi connectivity index (χ4n) is 1.95. The number of carbonyl (C=O) groups is 2. The molecule has 16 heavy (non-hydrogen) atoms. The second kappa shape index (κ2) is 3.62. The summed E-state index contributed by atoms with van der Waals surface area (Å²) in [5.74, 6) is -1.23. The van der Waals surface area contributed by atoms with Gasteiger partial charge in [-0.05, 0) is 13.8 Å². The van der Waals surface area contributed by atoms with E-state index in [1.807, 2.05) is 0 Å². The summed E-state index contributed by atoms with van der Waals surface area (Å²) in [6.45, 7) is 3.63. The van der Waals surface area contributed by atoms with Gasteiger partial charge in [-0.1, -0.05) is 5.16 Å². The molecule has 2 rings (SSSR count). The van der Waals surface area contributed by atoms with E-state index >= 15 is 0 Å². The van der Waals surface area contributed by atoms with E-state index < -0.39 is 11.9 Å². The van der Waals surface area contributed by atoms with Gasteiger partial charge in [0.25, 0.3) is 0 Å². The van der Waals surface area contributed by atoms with Crippen molar-refractivity contribution in [1.29, 1.82) is 0 Å². The van der Waals surface area contributed by atoms with Gasteiger partial charge < -0.3 is 14.5 Å². The fraction of sp³-hybridized carbons (Fsp3) is 0.500. The number of nitrogens with zero attached hydrogens (tertiary/aromatic N) is 2. The van der Waals surface area contributed by atoms with Crippen LogP contribution in [0.3, 0.4) is 0 Å². The average molecular weight is 224 g/mol. The van der Waals surface area contributed by atoms with Crippen LogP contribution in [0.1, 0.15) is 17.9 Å². The van der Waals surface area contributed by atoms with E-state index in [0.29, 0.717) is 17.1 Å². The Morgan fingerprint density at radius 1 is 1.56 bits per heavy atom. The normalized spacial score (nSPS) is 20.5. The molecule has 1 amide bonds. The molecule has 6 heteroatoms. The molecule has 0 spiro atoms. The first-order chi connectivity index (χ1) is 7.50. The number of aliphatic carboxylic acids is 1. The molecule has 0 aromatic carbocycles. The average Bonchev–Trinajstić information content (AvgIpc) is 2.71. The van der Waals surface area contributed by atoms with Crippen molar-refractivity contribution in [1.82, 2.24) is 5.16 Å². The van der Waals surface area contributed by atoms with Crippen LogP contribution in [0.5, 0.6) is 0 Å². The Balaban J connectivity index is 2.30. The summed E-state index contributed by atoms with van der Waals surface area (Å²) in [6.07, 6.45) is 0.0411.